The molecule has 213 valence electrons. The molecule has 4 aromatic carbocycles. The summed E-state index contributed by atoms with van der Waals surface area (Å²) < 4.78 is 30.4. The van der Waals surface area contributed by atoms with E-state index in [1.54, 1.807) is 12.1 Å². The number of hydrogen-bond donors (Lipinski definition) is 0. The molecule has 0 saturated heterocycles. The van der Waals surface area contributed by atoms with Gasteiger partial charge in [0.1, 0.15) is 5.58 Å². The number of nitrogens with zero attached hydrogens (tertiary/aromatic N) is 3. The van der Waals surface area contributed by atoms with Crippen molar-refractivity contribution in [2.24, 2.45) is 0 Å². The smallest absolute Gasteiger partial charge is 0.120 e. The van der Waals surface area contributed by atoms with Crippen LogP contribution in [0.2, 0.25) is 19.6 Å². The van der Waals surface area contributed by atoms with Gasteiger partial charge in [-0.1, -0.05) is 79.9 Å². The van der Waals surface area contributed by atoms with E-state index in [0.29, 0.717) is 5.56 Å². The Morgan fingerprint density at radius 1 is 0.905 bits per heavy atom. The molecule has 0 N–H and O–H groups in total. The molecule has 0 bridgehead atoms. The molecule has 0 atom stereocenters. The summed E-state index contributed by atoms with van der Waals surface area (Å²) in [6.45, 7) is 7.74. The Kier molecular flexibility index (Phi) is 7.50. The summed E-state index contributed by atoms with van der Waals surface area (Å²) in [6, 6.07) is 35.7. The third-order valence-corrected chi connectivity index (χ3v) is 9.28. The summed E-state index contributed by atoms with van der Waals surface area (Å²) in [5, 5.41) is 3.54. The van der Waals surface area contributed by atoms with Gasteiger partial charge in [-0.3, -0.25) is 4.98 Å². The SMILES string of the molecule is CCn1c(-c2[c-]ccc3c2oc2ccccc23)nc2ccccc21.[2H]C([2H])([2H])c1c[c-]c(-c2ccc([Si](C)(C)C)cn2)cc1.[Ir]. The van der Waals surface area contributed by atoms with Gasteiger partial charge in [-0.25, -0.2) is 0 Å². The molecule has 0 amide bonds. The van der Waals surface area contributed by atoms with E-state index in [1.165, 1.54) is 11.3 Å². The first-order chi connectivity index (χ1) is 21.0. The summed E-state index contributed by atoms with van der Waals surface area (Å²) in [5.74, 6) is 0.906. The van der Waals surface area contributed by atoms with E-state index < -0.39 is 14.9 Å². The maximum atomic E-state index is 7.35. The van der Waals surface area contributed by atoms with Gasteiger partial charge in [-0.05, 0) is 36.0 Å². The van der Waals surface area contributed by atoms with Crippen LogP contribution in [0.1, 0.15) is 16.6 Å². The second kappa shape index (κ2) is 12.2. The van der Waals surface area contributed by atoms with Crippen LogP contribution in [0.5, 0.6) is 0 Å². The Bertz CT molecular complexity index is 2020. The maximum Gasteiger partial charge on any atom is 0.120 e. The summed E-state index contributed by atoms with van der Waals surface area (Å²) >= 11 is 0. The minimum Gasteiger partial charge on any atom is -0.501 e. The Morgan fingerprint density at radius 2 is 1.71 bits per heavy atom. The molecule has 1 radical (unpaired) electrons. The van der Waals surface area contributed by atoms with Gasteiger partial charge in [0.25, 0.3) is 0 Å². The summed E-state index contributed by atoms with van der Waals surface area (Å²) in [7, 11) is -1.34. The van der Waals surface area contributed by atoms with Crippen molar-refractivity contribution in [3.63, 3.8) is 0 Å². The standard InChI is InChI=1S/C21H15N2O.C15H18NSi.Ir/c1-2-23-18-12-5-4-11-17(18)22-21(23)16-10-7-9-15-14-8-3-6-13-19(14)24-20(15)16;1-12-5-7-13(8-6-12)15-10-9-14(11-16-15)17(2,3)4;/h3-9,11-13H,2H2,1H3;5-7,9-11H,1-4H3;/q2*-1;/i;1D3;. The third-order valence-electron chi connectivity index (χ3n) is 7.25. The van der Waals surface area contributed by atoms with Crippen molar-refractivity contribution in [1.29, 1.82) is 0 Å². The first kappa shape index (κ1) is 25.8. The fourth-order valence-corrected chi connectivity index (χ4v) is 6.06. The molecular weight excluding hydrogens is 711 g/mol. The van der Waals surface area contributed by atoms with Crippen molar-refractivity contribution >= 4 is 46.2 Å². The summed E-state index contributed by atoms with van der Waals surface area (Å²) in [4.78, 5) is 9.32. The van der Waals surface area contributed by atoms with Crippen molar-refractivity contribution in [3.05, 3.63) is 115 Å². The van der Waals surface area contributed by atoms with Crippen molar-refractivity contribution < 1.29 is 28.6 Å². The van der Waals surface area contributed by atoms with Gasteiger partial charge in [-0.2, -0.15) is 0 Å². The van der Waals surface area contributed by atoms with Gasteiger partial charge in [0, 0.05) is 42.3 Å². The Balaban J connectivity index is 0.000000177. The summed E-state index contributed by atoms with van der Waals surface area (Å²) in [6.07, 6.45) is 1.92. The fraction of sp³-hybridized carbons (Fsp3) is 0.167. The van der Waals surface area contributed by atoms with Gasteiger partial charge in [-0.15, -0.1) is 53.6 Å². The van der Waals surface area contributed by atoms with Crippen molar-refractivity contribution in [2.45, 2.75) is 40.0 Å². The average molecular weight is 747 g/mol. The predicted octanol–water partition coefficient (Wildman–Crippen LogP) is 8.82. The zero-order chi connectivity index (χ0) is 31.1. The molecule has 7 rings (SSSR count). The molecule has 0 unspecified atom stereocenters. The largest absolute Gasteiger partial charge is 0.501 e. The van der Waals surface area contributed by atoms with E-state index in [9.17, 15) is 0 Å². The number of fused-ring (bicyclic) bond motifs is 4. The molecule has 3 aromatic heterocycles. The molecule has 3 heterocycles. The van der Waals surface area contributed by atoms with Crippen molar-refractivity contribution in [1.82, 2.24) is 14.5 Å². The molecule has 6 heteroatoms. The first-order valence-corrected chi connectivity index (χ1v) is 17.3. The number of hydrogen-bond acceptors (Lipinski definition) is 3. The molecule has 4 nitrogen and oxygen atoms in total. The molecule has 0 aliphatic carbocycles. The quantitative estimate of drug-likeness (QED) is 0.134. The van der Waals surface area contributed by atoms with Crippen molar-refractivity contribution in [3.8, 4) is 22.6 Å². The number of rotatable bonds is 4. The molecular formula is C36H33IrN3OSi-2. The van der Waals surface area contributed by atoms with Crippen LogP contribution >= 0.6 is 0 Å². The number of pyridine rings is 1. The first-order valence-electron chi connectivity index (χ1n) is 15.3. The van der Waals surface area contributed by atoms with Crippen LogP contribution in [-0.2, 0) is 26.7 Å². The van der Waals surface area contributed by atoms with Crippen LogP contribution in [0, 0.1) is 19.0 Å². The number of aromatic nitrogens is 3. The Labute approximate surface area is 266 Å². The number of para-hydroxylation sites is 3. The van der Waals surface area contributed by atoms with Crippen LogP contribution in [0.25, 0.3) is 55.6 Å². The minimum atomic E-state index is -2.08. The zero-order valence-electron chi connectivity index (χ0n) is 27.0. The fourth-order valence-electron chi connectivity index (χ4n) is 5.02. The van der Waals surface area contributed by atoms with Crippen molar-refractivity contribution in [2.75, 3.05) is 0 Å². The molecule has 0 fully saturated rings. The van der Waals surface area contributed by atoms with E-state index in [1.807, 2.05) is 54.7 Å². The minimum absolute atomic E-state index is 0. The van der Waals surface area contributed by atoms with Gasteiger partial charge in [0.2, 0.25) is 0 Å². The second-order valence-electron chi connectivity index (χ2n) is 11.0. The number of furan rings is 1. The Morgan fingerprint density at radius 3 is 2.43 bits per heavy atom. The molecule has 42 heavy (non-hydrogen) atoms. The van der Waals surface area contributed by atoms with Crippen LogP contribution in [0.15, 0.2) is 102 Å². The van der Waals surface area contributed by atoms with E-state index in [0.717, 1.165) is 62.2 Å². The summed E-state index contributed by atoms with van der Waals surface area (Å²) in [5.41, 5.74) is 6.74. The third kappa shape index (κ3) is 5.75. The van der Waals surface area contributed by atoms with Crippen LogP contribution < -0.4 is 5.19 Å². The zero-order valence-corrected chi connectivity index (χ0v) is 27.4. The van der Waals surface area contributed by atoms with E-state index in [4.69, 9.17) is 13.5 Å². The monoisotopic (exact) mass is 747 g/mol. The van der Waals surface area contributed by atoms with E-state index >= 15 is 0 Å². The Hall–Kier alpha value is -3.83. The molecule has 0 saturated carbocycles. The molecule has 0 aliphatic heterocycles. The number of benzene rings is 4. The number of imidazole rings is 1. The maximum absolute atomic E-state index is 7.35. The van der Waals surface area contributed by atoms with E-state index in [2.05, 4.69) is 72.5 Å². The second-order valence-corrected chi connectivity index (χ2v) is 16.1. The van der Waals surface area contributed by atoms with Gasteiger partial charge in [0.15, 0.2) is 0 Å². The topological polar surface area (TPSA) is 43.9 Å². The van der Waals surface area contributed by atoms with Crippen LogP contribution in [-0.4, -0.2) is 22.6 Å². The molecule has 0 spiro atoms. The van der Waals surface area contributed by atoms with E-state index in [-0.39, 0.29) is 20.1 Å². The average Bonchev–Trinajstić information content (AvgIpc) is 3.59. The number of aryl methyl sites for hydroxylation is 2. The molecule has 0 aliphatic rings. The predicted molar refractivity (Wildman–Crippen MR) is 173 cm³/mol. The molecule has 7 aromatic rings. The van der Waals surface area contributed by atoms with Gasteiger partial charge in [0.05, 0.1) is 30.5 Å². The van der Waals surface area contributed by atoms with Crippen LogP contribution in [0.3, 0.4) is 0 Å². The normalized spacial score (nSPS) is 12.7. The van der Waals surface area contributed by atoms with Crippen LogP contribution in [0.4, 0.5) is 0 Å². The van der Waals surface area contributed by atoms with Gasteiger partial charge >= 0.3 is 0 Å². The van der Waals surface area contributed by atoms with Gasteiger partial charge < -0.3 is 14.0 Å².